The molecule has 1 atom stereocenters. The Labute approximate surface area is 144 Å². The summed E-state index contributed by atoms with van der Waals surface area (Å²) in [6.07, 6.45) is 4.34. The highest BCUT2D eigenvalue weighted by Gasteiger charge is 2.29. The Bertz CT molecular complexity index is 548. The van der Waals surface area contributed by atoms with E-state index >= 15 is 0 Å². The van der Waals surface area contributed by atoms with Gasteiger partial charge in [-0.05, 0) is 33.6 Å². The molecule has 134 valence electrons. The summed E-state index contributed by atoms with van der Waals surface area (Å²) >= 11 is 0. The molecule has 2 N–H and O–H groups in total. The molecule has 24 heavy (non-hydrogen) atoms. The van der Waals surface area contributed by atoms with Gasteiger partial charge in [-0.2, -0.15) is 5.10 Å². The van der Waals surface area contributed by atoms with Crippen molar-refractivity contribution in [2.75, 3.05) is 26.3 Å². The summed E-state index contributed by atoms with van der Waals surface area (Å²) in [4.78, 5) is 14.7. The lowest BCUT2D eigenvalue weighted by Crippen LogP contribution is -2.43. The quantitative estimate of drug-likeness (QED) is 0.620. The lowest BCUT2D eigenvalue weighted by atomic mass is 9.99. The third kappa shape index (κ3) is 4.84. The fraction of sp³-hybridized carbons (Fsp3) is 0.667. The van der Waals surface area contributed by atoms with Gasteiger partial charge >= 0.3 is 6.03 Å². The average Bonchev–Trinajstić information content (AvgIpc) is 2.75. The molecule has 1 fully saturated rings. The first-order chi connectivity index (χ1) is 11.5. The molecule has 0 bridgehead atoms. The lowest BCUT2D eigenvalue weighted by Gasteiger charge is -2.30. The first-order valence-corrected chi connectivity index (χ1v) is 8.78. The number of nitrogens with zero attached hydrogens (tertiary/aromatic N) is 2. The van der Waals surface area contributed by atoms with Gasteiger partial charge in [0.05, 0.1) is 24.9 Å². The summed E-state index contributed by atoms with van der Waals surface area (Å²) in [5.41, 5.74) is 4.20. The van der Waals surface area contributed by atoms with Crippen LogP contribution >= 0.6 is 0 Å². The number of carbonyl (C=O) groups is 1. The van der Waals surface area contributed by atoms with E-state index in [-0.39, 0.29) is 12.1 Å². The molecule has 0 spiro atoms. The third-order valence-electron chi connectivity index (χ3n) is 4.40. The maximum absolute atomic E-state index is 12.7. The van der Waals surface area contributed by atoms with Crippen molar-refractivity contribution in [2.24, 2.45) is 0 Å². The highest BCUT2D eigenvalue weighted by Crippen LogP contribution is 2.33. The van der Waals surface area contributed by atoms with Gasteiger partial charge in [0.1, 0.15) is 0 Å². The highest BCUT2D eigenvalue weighted by molar-refractivity contribution is 5.75. The molecule has 6 heteroatoms. The number of aryl methyl sites for hydroxylation is 2. The molecule has 1 aromatic heterocycles. The Morgan fingerprint density at radius 3 is 2.88 bits per heavy atom. The van der Waals surface area contributed by atoms with Gasteiger partial charge in [-0.3, -0.25) is 5.10 Å². The topological polar surface area (TPSA) is 70.2 Å². The summed E-state index contributed by atoms with van der Waals surface area (Å²) < 4.78 is 5.45. The second kappa shape index (κ2) is 8.87. The number of amides is 2. The molecular formula is C18H30N4O2. The molecule has 6 nitrogen and oxygen atoms in total. The molecule has 0 unspecified atom stereocenters. The molecular weight excluding hydrogens is 304 g/mol. The highest BCUT2D eigenvalue weighted by atomic mass is 16.5. The summed E-state index contributed by atoms with van der Waals surface area (Å²) in [6.45, 7) is 12.1. The van der Waals surface area contributed by atoms with E-state index in [0.717, 1.165) is 49.2 Å². The molecule has 0 aliphatic carbocycles. The number of aromatic amines is 1. The van der Waals surface area contributed by atoms with E-state index in [0.29, 0.717) is 19.8 Å². The standard InChI is InChI=1S/C18H30N4O2/c1-13(2)12-24-11-9-19-18(23)22-10-7-5-6-8-16(22)17-14(3)20-21-15(17)4/h16H,1,5-12H2,2-4H3,(H,19,23)(H,20,21)/t16-/m1/s1. The monoisotopic (exact) mass is 334 g/mol. The number of urea groups is 1. The van der Waals surface area contributed by atoms with E-state index in [2.05, 4.69) is 22.1 Å². The Kier molecular flexibility index (Phi) is 6.85. The fourth-order valence-electron chi connectivity index (χ4n) is 3.28. The molecule has 2 heterocycles. The van der Waals surface area contributed by atoms with Crippen LogP contribution in [-0.4, -0.2) is 47.4 Å². The minimum Gasteiger partial charge on any atom is -0.375 e. The van der Waals surface area contributed by atoms with Crippen molar-refractivity contribution in [3.8, 4) is 0 Å². The minimum absolute atomic E-state index is 0.0131. The van der Waals surface area contributed by atoms with Crippen LogP contribution in [0.15, 0.2) is 12.2 Å². The van der Waals surface area contributed by atoms with Crippen LogP contribution in [-0.2, 0) is 4.74 Å². The van der Waals surface area contributed by atoms with Gasteiger partial charge in [0, 0.05) is 24.3 Å². The second-order valence-corrected chi connectivity index (χ2v) is 6.65. The fourth-order valence-corrected chi connectivity index (χ4v) is 3.28. The van der Waals surface area contributed by atoms with E-state index in [1.54, 1.807) is 0 Å². The van der Waals surface area contributed by atoms with Crippen molar-refractivity contribution in [3.05, 3.63) is 29.1 Å². The predicted molar refractivity (Wildman–Crippen MR) is 95.0 cm³/mol. The van der Waals surface area contributed by atoms with Crippen LogP contribution in [0.25, 0.3) is 0 Å². The number of rotatable bonds is 6. The van der Waals surface area contributed by atoms with Crippen molar-refractivity contribution in [1.29, 1.82) is 0 Å². The van der Waals surface area contributed by atoms with Crippen molar-refractivity contribution in [3.63, 3.8) is 0 Å². The Morgan fingerprint density at radius 2 is 2.21 bits per heavy atom. The van der Waals surface area contributed by atoms with Crippen molar-refractivity contribution >= 4 is 6.03 Å². The zero-order valence-corrected chi connectivity index (χ0v) is 15.2. The zero-order chi connectivity index (χ0) is 17.5. The van der Waals surface area contributed by atoms with Gasteiger partial charge in [0.25, 0.3) is 0 Å². The van der Waals surface area contributed by atoms with E-state index in [9.17, 15) is 4.79 Å². The largest absolute Gasteiger partial charge is 0.375 e. The van der Waals surface area contributed by atoms with Crippen LogP contribution in [0.2, 0.25) is 0 Å². The Morgan fingerprint density at radius 1 is 1.42 bits per heavy atom. The number of hydrogen-bond donors (Lipinski definition) is 2. The van der Waals surface area contributed by atoms with Crippen molar-refractivity contribution in [2.45, 2.75) is 52.5 Å². The predicted octanol–water partition coefficient (Wildman–Crippen LogP) is 3.25. The summed E-state index contributed by atoms with van der Waals surface area (Å²) in [7, 11) is 0. The van der Waals surface area contributed by atoms with Gasteiger partial charge < -0.3 is 15.0 Å². The third-order valence-corrected chi connectivity index (χ3v) is 4.40. The summed E-state index contributed by atoms with van der Waals surface area (Å²) in [5, 5.41) is 10.3. The molecule has 0 saturated carbocycles. The number of carbonyl (C=O) groups excluding carboxylic acids is 1. The van der Waals surface area contributed by atoms with Crippen LogP contribution < -0.4 is 5.32 Å². The van der Waals surface area contributed by atoms with Gasteiger partial charge in [0.2, 0.25) is 0 Å². The molecule has 2 rings (SSSR count). The number of nitrogens with one attached hydrogen (secondary N) is 2. The van der Waals surface area contributed by atoms with Gasteiger partial charge in [0.15, 0.2) is 0 Å². The van der Waals surface area contributed by atoms with E-state index in [1.165, 1.54) is 5.56 Å². The van der Waals surface area contributed by atoms with Crippen LogP contribution in [0.3, 0.4) is 0 Å². The molecule has 1 aromatic rings. The van der Waals surface area contributed by atoms with Crippen molar-refractivity contribution < 1.29 is 9.53 Å². The molecule has 0 aromatic carbocycles. The zero-order valence-electron chi connectivity index (χ0n) is 15.2. The van der Waals surface area contributed by atoms with Crippen LogP contribution in [0, 0.1) is 13.8 Å². The average molecular weight is 334 g/mol. The smallest absolute Gasteiger partial charge is 0.317 e. The first kappa shape index (κ1) is 18.5. The maximum Gasteiger partial charge on any atom is 0.317 e. The Balaban J connectivity index is 1.98. The number of aromatic nitrogens is 2. The minimum atomic E-state index is -0.0131. The van der Waals surface area contributed by atoms with E-state index < -0.39 is 0 Å². The van der Waals surface area contributed by atoms with Crippen LogP contribution in [0.5, 0.6) is 0 Å². The summed E-state index contributed by atoms with van der Waals surface area (Å²) in [5.74, 6) is 0. The summed E-state index contributed by atoms with van der Waals surface area (Å²) in [6, 6.07) is 0.0865. The Hall–Kier alpha value is -1.82. The molecule has 1 saturated heterocycles. The molecule has 2 amide bonds. The van der Waals surface area contributed by atoms with Crippen LogP contribution in [0.4, 0.5) is 4.79 Å². The molecule has 0 radical (unpaired) electrons. The molecule has 1 aliphatic rings. The van der Waals surface area contributed by atoms with Gasteiger partial charge in [-0.15, -0.1) is 0 Å². The second-order valence-electron chi connectivity index (χ2n) is 6.65. The number of ether oxygens (including phenoxy) is 1. The first-order valence-electron chi connectivity index (χ1n) is 8.78. The van der Waals surface area contributed by atoms with E-state index in [1.807, 2.05) is 25.7 Å². The van der Waals surface area contributed by atoms with Crippen molar-refractivity contribution in [1.82, 2.24) is 20.4 Å². The normalized spacial score (nSPS) is 18.3. The van der Waals surface area contributed by atoms with Crippen LogP contribution in [0.1, 0.15) is 55.6 Å². The molecule has 1 aliphatic heterocycles. The van der Waals surface area contributed by atoms with Gasteiger partial charge in [-0.1, -0.05) is 25.0 Å². The van der Waals surface area contributed by atoms with Gasteiger partial charge in [-0.25, -0.2) is 4.79 Å². The number of likely N-dealkylation sites (tertiary alicyclic amines) is 1. The number of hydrogen-bond acceptors (Lipinski definition) is 3. The maximum atomic E-state index is 12.7. The van der Waals surface area contributed by atoms with E-state index in [4.69, 9.17) is 4.74 Å². The number of H-pyrrole nitrogens is 1. The SMILES string of the molecule is C=C(C)COCCNC(=O)N1CCCCC[C@@H]1c1c(C)n[nH]c1C. The lowest BCUT2D eigenvalue weighted by molar-refractivity contribution is 0.147.